The van der Waals surface area contributed by atoms with Crippen LogP contribution in [-0.2, 0) is 5.54 Å². The van der Waals surface area contributed by atoms with Crippen molar-refractivity contribution >= 4 is 5.97 Å². The zero-order valence-corrected chi connectivity index (χ0v) is 9.03. The monoisotopic (exact) mass is 203 g/mol. The van der Waals surface area contributed by atoms with Gasteiger partial charge in [0.2, 0.25) is 0 Å². The van der Waals surface area contributed by atoms with Crippen LogP contribution in [-0.4, -0.2) is 11.1 Å². The molecule has 0 fully saturated rings. The third kappa shape index (κ3) is 2.35. The maximum atomic E-state index is 10.8. The zero-order chi connectivity index (χ0) is 11.6. The third-order valence-electron chi connectivity index (χ3n) is 2.31. The van der Waals surface area contributed by atoms with Gasteiger partial charge in [0, 0.05) is 19.4 Å². The van der Waals surface area contributed by atoms with Crippen molar-refractivity contribution < 1.29 is 9.90 Å². The van der Waals surface area contributed by atoms with Gasteiger partial charge in [-0.1, -0.05) is 0 Å². The molecule has 0 spiro atoms. The van der Waals surface area contributed by atoms with Crippen molar-refractivity contribution in [2.24, 2.45) is 0 Å². The van der Waals surface area contributed by atoms with Gasteiger partial charge in [-0.05, 0) is 30.7 Å². The van der Waals surface area contributed by atoms with Crippen LogP contribution < -0.4 is 0 Å². The fourth-order valence-electron chi connectivity index (χ4n) is 1.32. The highest BCUT2D eigenvalue weighted by atomic mass is 16.4. The molecule has 0 aliphatic carbocycles. The topological polar surface area (TPSA) is 41.7 Å². The normalized spacial score (nSPS) is 10.8. The van der Waals surface area contributed by atoms with E-state index in [9.17, 15) is 4.79 Å². The highest BCUT2D eigenvalue weighted by Crippen LogP contribution is 2.26. The van der Waals surface area contributed by atoms with E-state index in [0.29, 0.717) is 0 Å². The molecule has 0 saturated heterocycles. The Balaban J connectivity index is 3.34. The molecule has 15 heavy (non-hydrogen) atoms. The van der Waals surface area contributed by atoms with Gasteiger partial charge in [-0.25, -0.2) is 11.4 Å². The summed E-state index contributed by atoms with van der Waals surface area (Å²) in [5.74, 6) is -0.958. The summed E-state index contributed by atoms with van der Waals surface area (Å²) in [5, 5.41) is 8.89. The molecule has 0 aromatic heterocycles. The summed E-state index contributed by atoms with van der Waals surface area (Å²) in [5.41, 5.74) is 1.18. The minimum absolute atomic E-state index is 0.238. The number of carboxylic acid groups (broad SMARTS) is 1. The van der Waals surface area contributed by atoms with Crippen LogP contribution in [0.3, 0.4) is 0 Å². The first-order valence-corrected chi connectivity index (χ1v) is 4.61. The average molecular weight is 203 g/mol. The van der Waals surface area contributed by atoms with Crippen molar-refractivity contribution in [3.8, 4) is 0 Å². The molecule has 0 atom stereocenters. The maximum absolute atomic E-state index is 10.8. The minimum Gasteiger partial charge on any atom is -0.478 e. The standard InChI is InChI=1S/C12H13NO2/c1-8-5-9(11(14)15)7-10(6-8)12(2,3)13-4/h5-7H,1-3H3,(H,14,15). The number of hydrogen-bond donors (Lipinski definition) is 1. The Morgan fingerprint density at radius 3 is 2.47 bits per heavy atom. The second kappa shape index (κ2) is 3.74. The molecule has 1 aromatic carbocycles. The Morgan fingerprint density at radius 1 is 1.40 bits per heavy atom. The molecule has 0 saturated carbocycles. The fraction of sp³-hybridized carbons (Fsp3) is 0.333. The van der Waals surface area contributed by atoms with E-state index in [1.54, 1.807) is 26.0 Å². The van der Waals surface area contributed by atoms with E-state index < -0.39 is 11.5 Å². The highest BCUT2D eigenvalue weighted by Gasteiger charge is 2.26. The van der Waals surface area contributed by atoms with E-state index >= 15 is 0 Å². The summed E-state index contributed by atoms with van der Waals surface area (Å²) in [6.07, 6.45) is 0. The summed E-state index contributed by atoms with van der Waals surface area (Å²) in [6, 6.07) is 5.02. The molecule has 0 radical (unpaired) electrons. The lowest BCUT2D eigenvalue weighted by Crippen LogP contribution is -2.12. The number of rotatable bonds is 2. The van der Waals surface area contributed by atoms with E-state index in [1.165, 1.54) is 0 Å². The molecule has 1 rings (SSSR count). The fourth-order valence-corrected chi connectivity index (χ4v) is 1.32. The van der Waals surface area contributed by atoms with Gasteiger partial charge in [0.1, 0.15) is 0 Å². The summed E-state index contributed by atoms with van der Waals surface area (Å²) in [6.45, 7) is 12.5. The lowest BCUT2D eigenvalue weighted by molar-refractivity contribution is 0.0696. The number of carboxylic acids is 1. The molecule has 1 N–H and O–H groups in total. The molecular weight excluding hydrogens is 190 g/mol. The summed E-state index contributed by atoms with van der Waals surface area (Å²) in [4.78, 5) is 14.3. The van der Waals surface area contributed by atoms with Crippen LogP contribution in [0.5, 0.6) is 0 Å². The molecule has 3 nitrogen and oxygen atoms in total. The Bertz CT molecular complexity index is 441. The van der Waals surface area contributed by atoms with Crippen LogP contribution in [0.1, 0.15) is 35.3 Å². The summed E-state index contributed by atoms with van der Waals surface area (Å²) >= 11 is 0. The molecule has 0 amide bonds. The van der Waals surface area contributed by atoms with Crippen LogP contribution in [0, 0.1) is 13.5 Å². The number of aromatic carboxylic acids is 1. The molecular formula is C12H13NO2. The highest BCUT2D eigenvalue weighted by molar-refractivity contribution is 5.88. The largest absolute Gasteiger partial charge is 0.478 e. The Kier molecular flexibility index (Phi) is 2.81. The maximum Gasteiger partial charge on any atom is 0.335 e. The van der Waals surface area contributed by atoms with Crippen molar-refractivity contribution in [2.45, 2.75) is 26.3 Å². The molecule has 0 aliphatic rings. The SMILES string of the molecule is [C-]#[N+]C(C)(C)c1cc(C)cc(C(=O)O)c1. The molecule has 78 valence electrons. The van der Waals surface area contributed by atoms with Crippen molar-refractivity contribution in [1.82, 2.24) is 0 Å². The lowest BCUT2D eigenvalue weighted by atomic mass is 9.92. The van der Waals surface area contributed by atoms with Crippen LogP contribution in [0.4, 0.5) is 0 Å². The molecule has 0 bridgehead atoms. The van der Waals surface area contributed by atoms with Crippen molar-refractivity contribution in [2.75, 3.05) is 0 Å². The first-order valence-electron chi connectivity index (χ1n) is 4.61. The first-order chi connectivity index (χ1) is 6.86. The van der Waals surface area contributed by atoms with Gasteiger partial charge < -0.3 is 9.95 Å². The van der Waals surface area contributed by atoms with Gasteiger partial charge in [-0.3, -0.25) is 0 Å². The van der Waals surface area contributed by atoms with Gasteiger partial charge >= 0.3 is 5.97 Å². The Labute approximate surface area is 89.2 Å². The molecule has 0 unspecified atom stereocenters. The Hall–Kier alpha value is -1.82. The molecule has 0 heterocycles. The summed E-state index contributed by atoms with van der Waals surface area (Å²) in [7, 11) is 0. The van der Waals surface area contributed by atoms with E-state index in [0.717, 1.165) is 11.1 Å². The quantitative estimate of drug-likeness (QED) is 0.751. The molecule has 0 aliphatic heterocycles. The van der Waals surface area contributed by atoms with E-state index in [-0.39, 0.29) is 5.56 Å². The zero-order valence-electron chi connectivity index (χ0n) is 9.03. The second-order valence-electron chi connectivity index (χ2n) is 4.06. The number of aryl methyl sites for hydroxylation is 1. The molecule has 3 heteroatoms. The number of hydrogen-bond acceptors (Lipinski definition) is 1. The smallest absolute Gasteiger partial charge is 0.335 e. The van der Waals surface area contributed by atoms with Crippen LogP contribution in [0.25, 0.3) is 4.85 Å². The summed E-state index contributed by atoms with van der Waals surface area (Å²) < 4.78 is 0. The van der Waals surface area contributed by atoms with Crippen LogP contribution in [0.15, 0.2) is 18.2 Å². The van der Waals surface area contributed by atoms with Gasteiger partial charge in [-0.2, -0.15) is 0 Å². The number of carbonyl (C=O) groups is 1. The number of nitrogens with zero attached hydrogens (tertiary/aromatic N) is 1. The van der Waals surface area contributed by atoms with Crippen molar-refractivity contribution in [3.05, 3.63) is 46.3 Å². The predicted octanol–water partition coefficient (Wildman–Crippen LogP) is 2.85. The van der Waals surface area contributed by atoms with Crippen molar-refractivity contribution in [3.63, 3.8) is 0 Å². The predicted molar refractivity (Wildman–Crippen MR) is 57.8 cm³/mol. The van der Waals surface area contributed by atoms with Crippen LogP contribution in [0.2, 0.25) is 0 Å². The second-order valence-corrected chi connectivity index (χ2v) is 4.06. The molecule has 1 aromatic rings. The first kappa shape index (κ1) is 11.3. The third-order valence-corrected chi connectivity index (χ3v) is 2.31. The van der Waals surface area contributed by atoms with Crippen LogP contribution >= 0.6 is 0 Å². The number of benzene rings is 1. The lowest BCUT2D eigenvalue weighted by Gasteiger charge is -2.13. The van der Waals surface area contributed by atoms with Crippen molar-refractivity contribution in [1.29, 1.82) is 0 Å². The van der Waals surface area contributed by atoms with Gasteiger partial charge in [0.25, 0.3) is 5.54 Å². The van der Waals surface area contributed by atoms with Gasteiger partial charge in [0.15, 0.2) is 0 Å². The van der Waals surface area contributed by atoms with E-state index in [1.807, 2.05) is 13.0 Å². The van der Waals surface area contributed by atoms with Gasteiger partial charge in [-0.15, -0.1) is 0 Å². The van der Waals surface area contributed by atoms with Gasteiger partial charge in [0.05, 0.1) is 5.56 Å². The minimum atomic E-state index is -0.958. The Morgan fingerprint density at radius 2 is 2.00 bits per heavy atom. The average Bonchev–Trinajstić information content (AvgIpc) is 2.16. The van der Waals surface area contributed by atoms with E-state index in [4.69, 9.17) is 11.7 Å². The van der Waals surface area contributed by atoms with E-state index in [2.05, 4.69) is 4.85 Å².